The Balaban J connectivity index is 1.83. The van der Waals surface area contributed by atoms with Crippen molar-refractivity contribution in [2.24, 2.45) is 5.92 Å². The van der Waals surface area contributed by atoms with Crippen LogP contribution in [-0.2, 0) is 16.1 Å². The Kier molecular flexibility index (Phi) is 8.29. The average molecular weight is 462 g/mol. The van der Waals surface area contributed by atoms with Gasteiger partial charge in [0.25, 0.3) is 5.91 Å². The highest BCUT2D eigenvalue weighted by atomic mass is 16.7. The predicted octanol–water partition coefficient (Wildman–Crippen LogP) is 1.02. The number of carbonyl (C=O) groups excluding carboxylic acids is 2. The first-order valence-electron chi connectivity index (χ1n) is 11.1. The molecule has 3 N–H and O–H groups in total. The van der Waals surface area contributed by atoms with Gasteiger partial charge in [-0.3, -0.25) is 14.4 Å². The van der Waals surface area contributed by atoms with Crippen LogP contribution in [0.2, 0.25) is 0 Å². The van der Waals surface area contributed by atoms with E-state index in [0.29, 0.717) is 35.4 Å². The molecule has 0 aliphatic carbocycles. The predicted molar refractivity (Wildman–Crippen MR) is 122 cm³/mol. The first-order valence-corrected chi connectivity index (χ1v) is 11.1. The van der Waals surface area contributed by atoms with Crippen LogP contribution in [0.3, 0.4) is 0 Å². The monoisotopic (exact) mass is 461 g/mol. The summed E-state index contributed by atoms with van der Waals surface area (Å²) in [6.07, 6.45) is 1.92. The smallest absolute Gasteiger partial charge is 0.257 e. The van der Waals surface area contributed by atoms with E-state index < -0.39 is 17.4 Å². The fourth-order valence-electron chi connectivity index (χ4n) is 3.68. The highest BCUT2D eigenvalue weighted by Gasteiger charge is 2.25. The zero-order valence-electron chi connectivity index (χ0n) is 19.2. The third-order valence-electron chi connectivity index (χ3n) is 5.27. The minimum Gasteiger partial charge on any atom is -0.454 e. The van der Waals surface area contributed by atoms with Crippen LogP contribution in [0.25, 0.3) is 10.9 Å². The van der Waals surface area contributed by atoms with E-state index in [1.54, 1.807) is 16.7 Å². The zero-order chi connectivity index (χ0) is 24.0. The van der Waals surface area contributed by atoms with Crippen molar-refractivity contribution in [2.75, 3.05) is 33.2 Å². The van der Waals surface area contributed by atoms with Crippen LogP contribution < -0.4 is 25.5 Å². The van der Waals surface area contributed by atoms with Crippen LogP contribution in [0.5, 0.6) is 11.5 Å². The molecule has 10 heteroatoms. The number of nitrogens with one attached hydrogen (secondary N) is 2. The highest BCUT2D eigenvalue weighted by Crippen LogP contribution is 2.35. The second-order valence-corrected chi connectivity index (χ2v) is 8.16. The van der Waals surface area contributed by atoms with E-state index in [1.165, 1.54) is 6.20 Å². The fraction of sp³-hybridized carbons (Fsp3) is 0.522. The van der Waals surface area contributed by atoms with Gasteiger partial charge in [0.05, 0.1) is 30.7 Å². The van der Waals surface area contributed by atoms with Gasteiger partial charge in [0.15, 0.2) is 11.5 Å². The Bertz CT molecular complexity index is 1060. The van der Waals surface area contributed by atoms with Crippen LogP contribution in [-0.4, -0.2) is 60.7 Å². The van der Waals surface area contributed by atoms with Gasteiger partial charge in [0.1, 0.15) is 11.6 Å². The summed E-state index contributed by atoms with van der Waals surface area (Å²) in [6.45, 7) is 6.99. The Morgan fingerprint density at radius 2 is 1.94 bits per heavy atom. The molecule has 2 heterocycles. The molecule has 1 atom stereocenters. The number of rotatable bonds is 11. The molecule has 0 unspecified atom stereocenters. The molecular formula is C23H31N3O7. The molecule has 2 aromatic rings. The number of amides is 2. The van der Waals surface area contributed by atoms with Gasteiger partial charge >= 0.3 is 0 Å². The maximum atomic E-state index is 13.2. The van der Waals surface area contributed by atoms with E-state index >= 15 is 0 Å². The summed E-state index contributed by atoms with van der Waals surface area (Å²) in [5.74, 6) is 0.178. The molecular weight excluding hydrogens is 430 g/mol. The molecule has 0 spiro atoms. The van der Waals surface area contributed by atoms with Crippen molar-refractivity contribution in [1.29, 1.82) is 0 Å². The molecule has 10 nitrogen and oxygen atoms in total. The summed E-state index contributed by atoms with van der Waals surface area (Å²) in [6, 6.07) is 2.52. The molecule has 1 aliphatic rings. The number of pyridine rings is 1. The van der Waals surface area contributed by atoms with Gasteiger partial charge in [-0.1, -0.05) is 13.8 Å². The van der Waals surface area contributed by atoms with Crippen LogP contribution >= 0.6 is 0 Å². The summed E-state index contributed by atoms with van der Waals surface area (Å²) in [5, 5.41) is 14.5. The number of nitrogens with zero attached hydrogens (tertiary/aromatic N) is 1. The molecule has 0 saturated heterocycles. The van der Waals surface area contributed by atoms with Gasteiger partial charge < -0.3 is 34.5 Å². The second-order valence-electron chi connectivity index (χ2n) is 8.16. The zero-order valence-corrected chi connectivity index (χ0v) is 19.2. The van der Waals surface area contributed by atoms with Crippen LogP contribution in [0.4, 0.5) is 0 Å². The van der Waals surface area contributed by atoms with Crippen molar-refractivity contribution >= 4 is 22.7 Å². The van der Waals surface area contributed by atoms with Crippen molar-refractivity contribution in [3.8, 4) is 11.5 Å². The molecule has 0 fully saturated rings. The summed E-state index contributed by atoms with van der Waals surface area (Å²) in [7, 11) is 0. The van der Waals surface area contributed by atoms with Gasteiger partial charge in [0, 0.05) is 25.4 Å². The minimum absolute atomic E-state index is 0.0453. The minimum atomic E-state index is -0.808. The number of hydrogen-bond donors (Lipinski definition) is 3. The first-order chi connectivity index (χ1) is 15.8. The number of aromatic nitrogens is 1. The molecule has 1 aliphatic heterocycles. The number of fused-ring (bicyclic) bond motifs is 2. The van der Waals surface area contributed by atoms with E-state index in [2.05, 4.69) is 10.6 Å². The Hall–Kier alpha value is -3.11. The number of hydrogen-bond acceptors (Lipinski definition) is 7. The number of ether oxygens (including phenoxy) is 3. The van der Waals surface area contributed by atoms with E-state index in [4.69, 9.17) is 19.3 Å². The van der Waals surface area contributed by atoms with E-state index in [0.717, 1.165) is 0 Å². The lowest BCUT2D eigenvalue weighted by atomic mass is 10.0. The number of aryl methyl sites for hydroxylation is 1. The lowest BCUT2D eigenvalue weighted by molar-refractivity contribution is -0.123. The molecule has 1 aromatic heterocycles. The molecule has 33 heavy (non-hydrogen) atoms. The molecule has 0 radical (unpaired) electrons. The first kappa shape index (κ1) is 24.5. The molecule has 180 valence electrons. The maximum Gasteiger partial charge on any atom is 0.257 e. The van der Waals surface area contributed by atoms with Gasteiger partial charge in [-0.25, -0.2) is 0 Å². The van der Waals surface area contributed by atoms with E-state index in [-0.39, 0.29) is 50.5 Å². The Morgan fingerprint density at radius 1 is 1.21 bits per heavy atom. The van der Waals surface area contributed by atoms with Crippen molar-refractivity contribution in [1.82, 2.24) is 15.2 Å². The summed E-state index contributed by atoms with van der Waals surface area (Å²) < 4.78 is 17.7. The molecule has 0 bridgehead atoms. The Morgan fingerprint density at radius 3 is 2.61 bits per heavy atom. The van der Waals surface area contributed by atoms with Crippen molar-refractivity contribution in [2.45, 2.75) is 39.8 Å². The van der Waals surface area contributed by atoms with E-state index in [1.807, 2.05) is 20.8 Å². The lowest BCUT2D eigenvalue weighted by Gasteiger charge is -2.20. The molecule has 2 amide bonds. The molecule has 0 saturated carbocycles. The van der Waals surface area contributed by atoms with Crippen molar-refractivity contribution < 1.29 is 28.9 Å². The molecule has 3 rings (SSSR count). The van der Waals surface area contributed by atoms with Crippen LogP contribution in [0.15, 0.2) is 23.1 Å². The van der Waals surface area contributed by atoms with E-state index in [9.17, 15) is 14.4 Å². The van der Waals surface area contributed by atoms with Crippen LogP contribution in [0, 0.1) is 5.92 Å². The van der Waals surface area contributed by atoms with Gasteiger partial charge in [-0.15, -0.1) is 0 Å². The third kappa shape index (κ3) is 5.82. The van der Waals surface area contributed by atoms with Gasteiger partial charge in [0.2, 0.25) is 18.1 Å². The second kappa shape index (κ2) is 11.2. The lowest BCUT2D eigenvalue weighted by Crippen LogP contribution is -2.49. The van der Waals surface area contributed by atoms with Crippen molar-refractivity contribution in [3.05, 3.63) is 34.1 Å². The maximum absolute atomic E-state index is 13.2. The largest absolute Gasteiger partial charge is 0.454 e. The number of carbonyl (C=O) groups is 2. The standard InChI is InChI=1S/C23H31N3O7/c1-4-26-12-16(21(28)15-10-19-20(11-18(15)26)33-13-32-19)22(29)25-17(9-14(2)3)23(30)24-5-7-31-8-6-27/h10-12,14,17,27H,4-9,13H2,1-3H3,(H,24,30)(H,25,29)/t17-/m0/s1. The number of benzene rings is 1. The molecule has 1 aromatic carbocycles. The normalized spacial score (nSPS) is 13.4. The Labute approximate surface area is 191 Å². The summed E-state index contributed by atoms with van der Waals surface area (Å²) in [5.41, 5.74) is 0.158. The summed E-state index contributed by atoms with van der Waals surface area (Å²) >= 11 is 0. The van der Waals surface area contributed by atoms with Crippen LogP contribution in [0.1, 0.15) is 37.6 Å². The number of aliphatic hydroxyl groups excluding tert-OH is 1. The highest BCUT2D eigenvalue weighted by molar-refractivity contribution is 6.00. The third-order valence-corrected chi connectivity index (χ3v) is 5.27. The topological polar surface area (TPSA) is 128 Å². The van der Waals surface area contributed by atoms with Gasteiger partial charge in [-0.2, -0.15) is 0 Å². The van der Waals surface area contributed by atoms with Crippen molar-refractivity contribution in [3.63, 3.8) is 0 Å². The van der Waals surface area contributed by atoms with Gasteiger partial charge in [-0.05, 0) is 25.3 Å². The quantitative estimate of drug-likeness (QED) is 0.426. The fourth-order valence-corrected chi connectivity index (χ4v) is 3.68. The summed E-state index contributed by atoms with van der Waals surface area (Å²) in [4.78, 5) is 39.0. The average Bonchev–Trinajstić information content (AvgIpc) is 3.25. The number of aliphatic hydroxyl groups is 1. The SMILES string of the molecule is CCn1cc(C(=O)N[C@@H](CC(C)C)C(=O)NCCOCCO)c(=O)c2cc3c(cc21)OCO3.